The van der Waals surface area contributed by atoms with E-state index >= 15 is 0 Å². The van der Waals surface area contributed by atoms with Gasteiger partial charge in [-0.1, -0.05) is 23.2 Å². The number of benzene rings is 2. The molecule has 0 unspecified atom stereocenters. The van der Waals surface area contributed by atoms with E-state index in [0.29, 0.717) is 21.3 Å². The molecule has 9 heteroatoms. The average Bonchev–Trinajstić information content (AvgIpc) is 2.88. The van der Waals surface area contributed by atoms with E-state index in [-0.39, 0.29) is 19.5 Å². The number of amides is 2. The van der Waals surface area contributed by atoms with Crippen molar-refractivity contribution < 1.29 is 23.8 Å². The molecule has 1 saturated heterocycles. The molecule has 1 aliphatic rings. The maximum absolute atomic E-state index is 13.0. The molecular formula is C18H15Cl2FN2O4. The first-order valence-electron chi connectivity index (χ1n) is 7.98. The lowest BCUT2D eigenvalue weighted by Crippen LogP contribution is -2.46. The number of anilines is 1. The number of hydrogen-bond donors (Lipinski definition) is 2. The Hall–Kier alpha value is -2.35. The number of nitrogens with zero attached hydrogens (tertiary/aromatic N) is 1. The lowest BCUT2D eigenvalue weighted by atomic mass is 10.2. The van der Waals surface area contributed by atoms with E-state index in [1.54, 1.807) is 18.2 Å². The standard InChI is InChI=1S/C18H15Cl2FN2O4/c19-12-7-11(8-13(20)9-12)10-22-17(25)27-18(26)5-6-23(16(18)24)15-3-1-14(21)2-4-15/h1-4,7-9,26H,5-6,10H2,(H,22,25)/t18-/m0/s1. The molecule has 2 N–H and O–H groups in total. The van der Waals surface area contributed by atoms with E-state index in [0.717, 1.165) is 0 Å². The van der Waals surface area contributed by atoms with E-state index in [1.807, 2.05) is 0 Å². The van der Waals surface area contributed by atoms with Crippen molar-refractivity contribution in [3.05, 3.63) is 63.9 Å². The highest BCUT2D eigenvalue weighted by atomic mass is 35.5. The maximum Gasteiger partial charge on any atom is 0.410 e. The van der Waals surface area contributed by atoms with E-state index < -0.39 is 23.6 Å². The SMILES string of the molecule is O=C(NCc1cc(Cl)cc(Cl)c1)O[C@@]1(O)CCN(c2ccc(F)cc2)C1=O. The fourth-order valence-corrected chi connectivity index (χ4v) is 3.29. The Balaban J connectivity index is 1.61. The highest BCUT2D eigenvalue weighted by molar-refractivity contribution is 6.34. The number of carbonyl (C=O) groups excluding carboxylic acids is 2. The van der Waals surface area contributed by atoms with Crippen LogP contribution >= 0.6 is 23.2 Å². The van der Waals surface area contributed by atoms with Crippen molar-refractivity contribution >= 4 is 40.9 Å². The third kappa shape index (κ3) is 4.50. The quantitative estimate of drug-likeness (QED) is 0.753. The fraction of sp³-hybridized carbons (Fsp3) is 0.222. The Morgan fingerprint density at radius 2 is 1.85 bits per heavy atom. The van der Waals surface area contributed by atoms with Crippen LogP contribution < -0.4 is 10.2 Å². The molecule has 1 heterocycles. The molecule has 0 aliphatic carbocycles. The minimum absolute atomic E-state index is 0.0467. The number of carbonyl (C=O) groups is 2. The molecule has 1 fully saturated rings. The lowest BCUT2D eigenvalue weighted by Gasteiger charge is -2.22. The molecular weight excluding hydrogens is 398 g/mol. The Labute approximate surface area is 164 Å². The van der Waals surface area contributed by atoms with Gasteiger partial charge in [0, 0.05) is 35.2 Å². The van der Waals surface area contributed by atoms with Gasteiger partial charge in [0.25, 0.3) is 11.7 Å². The second-order valence-corrected chi connectivity index (χ2v) is 6.86. The minimum Gasteiger partial charge on any atom is -0.407 e. The molecule has 2 aromatic carbocycles. The topological polar surface area (TPSA) is 78.9 Å². The van der Waals surface area contributed by atoms with Gasteiger partial charge >= 0.3 is 6.09 Å². The smallest absolute Gasteiger partial charge is 0.407 e. The summed E-state index contributed by atoms with van der Waals surface area (Å²) in [5, 5.41) is 13.7. The Morgan fingerprint density at radius 1 is 1.22 bits per heavy atom. The molecule has 27 heavy (non-hydrogen) atoms. The van der Waals surface area contributed by atoms with E-state index in [4.69, 9.17) is 27.9 Å². The van der Waals surface area contributed by atoms with Crippen LogP contribution in [-0.4, -0.2) is 29.4 Å². The van der Waals surface area contributed by atoms with Crippen molar-refractivity contribution in [2.45, 2.75) is 18.8 Å². The monoisotopic (exact) mass is 412 g/mol. The Bertz CT molecular complexity index is 858. The summed E-state index contributed by atoms with van der Waals surface area (Å²) in [5.74, 6) is -3.53. The number of alkyl carbamates (subject to hydrolysis) is 1. The summed E-state index contributed by atoms with van der Waals surface area (Å²) in [7, 11) is 0. The predicted octanol–water partition coefficient (Wildman–Crippen LogP) is 3.48. The number of halogens is 3. The van der Waals surface area contributed by atoms with Crippen molar-refractivity contribution in [2.75, 3.05) is 11.4 Å². The fourth-order valence-electron chi connectivity index (χ4n) is 2.72. The van der Waals surface area contributed by atoms with Gasteiger partial charge in [0.1, 0.15) is 5.82 Å². The summed E-state index contributed by atoms with van der Waals surface area (Å²) in [6.07, 6.45) is -1.08. The zero-order valence-corrected chi connectivity index (χ0v) is 15.4. The number of ether oxygens (including phenoxy) is 1. The van der Waals surface area contributed by atoms with Gasteiger partial charge in [0.2, 0.25) is 0 Å². The van der Waals surface area contributed by atoms with Gasteiger partial charge in [-0.15, -0.1) is 0 Å². The van der Waals surface area contributed by atoms with Crippen LogP contribution in [0.2, 0.25) is 10.0 Å². The first-order chi connectivity index (χ1) is 12.8. The third-order valence-electron chi connectivity index (χ3n) is 4.01. The molecule has 3 rings (SSSR count). The molecule has 0 spiro atoms. The van der Waals surface area contributed by atoms with Crippen molar-refractivity contribution in [3.8, 4) is 0 Å². The normalized spacial score (nSPS) is 19.3. The zero-order chi connectivity index (χ0) is 19.6. The number of aliphatic hydroxyl groups is 1. The zero-order valence-electron chi connectivity index (χ0n) is 13.9. The van der Waals surface area contributed by atoms with Crippen LogP contribution in [0.25, 0.3) is 0 Å². The predicted molar refractivity (Wildman–Crippen MR) is 98.1 cm³/mol. The summed E-state index contributed by atoms with van der Waals surface area (Å²) in [6, 6.07) is 9.98. The molecule has 0 aromatic heterocycles. The molecule has 0 radical (unpaired) electrons. The van der Waals surface area contributed by atoms with E-state index in [9.17, 15) is 19.1 Å². The molecule has 1 atom stereocenters. The van der Waals surface area contributed by atoms with Crippen LogP contribution in [0.3, 0.4) is 0 Å². The van der Waals surface area contributed by atoms with Crippen LogP contribution in [0.1, 0.15) is 12.0 Å². The van der Waals surface area contributed by atoms with Crippen molar-refractivity contribution in [2.24, 2.45) is 0 Å². The van der Waals surface area contributed by atoms with Gasteiger partial charge in [0.15, 0.2) is 0 Å². The summed E-state index contributed by atoms with van der Waals surface area (Å²) in [4.78, 5) is 25.7. The largest absolute Gasteiger partial charge is 0.410 e. The van der Waals surface area contributed by atoms with Gasteiger partial charge in [0.05, 0.1) is 0 Å². The summed E-state index contributed by atoms with van der Waals surface area (Å²) >= 11 is 11.8. The molecule has 0 bridgehead atoms. The Morgan fingerprint density at radius 3 is 2.48 bits per heavy atom. The van der Waals surface area contributed by atoms with Crippen LogP contribution in [0.4, 0.5) is 14.9 Å². The summed E-state index contributed by atoms with van der Waals surface area (Å²) in [6.45, 7) is 0.170. The first kappa shape index (κ1) is 19.4. The molecule has 2 aromatic rings. The number of rotatable bonds is 4. The number of nitrogens with one attached hydrogen (secondary N) is 1. The second-order valence-electron chi connectivity index (χ2n) is 5.99. The highest BCUT2D eigenvalue weighted by Gasteiger charge is 2.49. The van der Waals surface area contributed by atoms with Gasteiger partial charge < -0.3 is 20.1 Å². The Kier molecular flexibility index (Phi) is 5.55. The molecule has 1 aliphatic heterocycles. The first-order valence-corrected chi connectivity index (χ1v) is 8.74. The van der Waals surface area contributed by atoms with Crippen LogP contribution in [0, 0.1) is 5.82 Å². The average molecular weight is 413 g/mol. The highest BCUT2D eigenvalue weighted by Crippen LogP contribution is 2.29. The van der Waals surface area contributed by atoms with Crippen LogP contribution in [-0.2, 0) is 16.1 Å². The van der Waals surface area contributed by atoms with Gasteiger partial charge in [-0.3, -0.25) is 4.79 Å². The maximum atomic E-state index is 13.0. The van der Waals surface area contributed by atoms with Crippen molar-refractivity contribution in [1.29, 1.82) is 0 Å². The molecule has 6 nitrogen and oxygen atoms in total. The van der Waals surface area contributed by atoms with Gasteiger partial charge in [-0.2, -0.15) is 0 Å². The molecule has 2 amide bonds. The van der Waals surface area contributed by atoms with Crippen molar-refractivity contribution in [3.63, 3.8) is 0 Å². The van der Waals surface area contributed by atoms with Gasteiger partial charge in [-0.25, -0.2) is 9.18 Å². The third-order valence-corrected chi connectivity index (χ3v) is 4.45. The lowest BCUT2D eigenvalue weighted by molar-refractivity contribution is -0.175. The van der Waals surface area contributed by atoms with Crippen LogP contribution in [0.15, 0.2) is 42.5 Å². The van der Waals surface area contributed by atoms with Crippen LogP contribution in [0.5, 0.6) is 0 Å². The molecule has 0 saturated carbocycles. The second kappa shape index (κ2) is 7.72. The summed E-state index contributed by atoms with van der Waals surface area (Å²) in [5.41, 5.74) is 1.03. The minimum atomic E-state index is -2.29. The van der Waals surface area contributed by atoms with Crippen molar-refractivity contribution in [1.82, 2.24) is 5.32 Å². The molecule has 142 valence electrons. The summed E-state index contributed by atoms with van der Waals surface area (Å²) < 4.78 is 18.0. The van der Waals surface area contributed by atoms with E-state index in [1.165, 1.54) is 29.2 Å². The van der Waals surface area contributed by atoms with Gasteiger partial charge in [-0.05, 0) is 48.0 Å². The van der Waals surface area contributed by atoms with E-state index in [2.05, 4.69) is 5.32 Å². The number of hydrogen-bond acceptors (Lipinski definition) is 4.